The van der Waals surface area contributed by atoms with Gasteiger partial charge < -0.3 is 15.8 Å². The number of unbranched alkanes of at least 4 members (excludes halogenated alkanes) is 1. The van der Waals surface area contributed by atoms with Crippen molar-refractivity contribution in [1.29, 1.82) is 0 Å². The Labute approximate surface area is 121 Å². The zero-order valence-electron chi connectivity index (χ0n) is 12.1. The first kappa shape index (κ1) is 16.2. The lowest BCUT2D eigenvalue weighted by Crippen LogP contribution is -2.40. The van der Waals surface area contributed by atoms with Gasteiger partial charge >= 0.3 is 0 Å². The number of carbonyl (C=O) groups excluding carboxylic acids is 1. The zero-order valence-corrected chi connectivity index (χ0v) is 12.1. The Morgan fingerprint density at radius 1 is 1.45 bits per heavy atom. The van der Waals surface area contributed by atoms with Crippen molar-refractivity contribution in [3.63, 3.8) is 0 Å². The van der Waals surface area contributed by atoms with Gasteiger partial charge in [-0.2, -0.15) is 0 Å². The van der Waals surface area contributed by atoms with E-state index in [1.54, 1.807) is 30.3 Å². The van der Waals surface area contributed by atoms with Crippen LogP contribution in [-0.4, -0.2) is 25.1 Å². The molecular weight excluding hydrogens is 252 g/mol. The minimum absolute atomic E-state index is 0.0409. The van der Waals surface area contributed by atoms with Crippen LogP contribution in [0.15, 0.2) is 36.9 Å². The van der Waals surface area contributed by atoms with Gasteiger partial charge in [0.1, 0.15) is 12.4 Å². The second kappa shape index (κ2) is 9.15. The van der Waals surface area contributed by atoms with Crippen LogP contribution in [0.4, 0.5) is 0 Å². The number of carbonyl (C=O) groups is 1. The van der Waals surface area contributed by atoms with Crippen LogP contribution in [0.5, 0.6) is 5.75 Å². The normalized spacial score (nSPS) is 11.7. The van der Waals surface area contributed by atoms with Crippen LogP contribution in [0, 0.1) is 0 Å². The summed E-state index contributed by atoms with van der Waals surface area (Å²) in [6.45, 7) is 6.63. The molecule has 110 valence electrons. The number of hydrogen-bond acceptors (Lipinski definition) is 3. The number of hydrogen-bond donors (Lipinski definition) is 2. The van der Waals surface area contributed by atoms with Crippen LogP contribution < -0.4 is 15.8 Å². The van der Waals surface area contributed by atoms with Gasteiger partial charge in [-0.25, -0.2) is 0 Å². The van der Waals surface area contributed by atoms with Gasteiger partial charge in [-0.1, -0.05) is 32.4 Å². The summed E-state index contributed by atoms with van der Waals surface area (Å²) < 4.78 is 5.38. The third-order valence-electron chi connectivity index (χ3n) is 3.01. The maximum atomic E-state index is 12.1. The van der Waals surface area contributed by atoms with Gasteiger partial charge in [0.05, 0.1) is 0 Å². The molecule has 0 radical (unpaired) electrons. The molecule has 0 aliphatic rings. The molecule has 1 unspecified atom stereocenters. The Morgan fingerprint density at radius 2 is 2.15 bits per heavy atom. The highest BCUT2D eigenvalue weighted by Gasteiger charge is 2.11. The molecule has 0 heterocycles. The Hall–Kier alpha value is -1.81. The largest absolute Gasteiger partial charge is 0.490 e. The molecule has 0 bridgehead atoms. The maximum Gasteiger partial charge on any atom is 0.251 e. The number of nitrogens with two attached hydrogens (primary N) is 1. The van der Waals surface area contributed by atoms with E-state index in [2.05, 4.69) is 18.8 Å². The molecule has 1 aromatic carbocycles. The van der Waals surface area contributed by atoms with Gasteiger partial charge in [0.15, 0.2) is 0 Å². The van der Waals surface area contributed by atoms with Crippen molar-refractivity contribution in [3.8, 4) is 5.75 Å². The fraction of sp³-hybridized carbons (Fsp3) is 0.438. The van der Waals surface area contributed by atoms with Crippen LogP contribution in [-0.2, 0) is 0 Å². The molecule has 0 aliphatic heterocycles. The van der Waals surface area contributed by atoms with E-state index >= 15 is 0 Å². The van der Waals surface area contributed by atoms with Crippen molar-refractivity contribution >= 4 is 5.91 Å². The predicted molar refractivity (Wildman–Crippen MR) is 82.0 cm³/mol. The summed E-state index contributed by atoms with van der Waals surface area (Å²) in [6, 6.07) is 7.10. The minimum atomic E-state index is -0.0909. The molecule has 0 spiro atoms. The third-order valence-corrected chi connectivity index (χ3v) is 3.01. The SMILES string of the molecule is C=CCOc1ccc(C(=O)NC(CN)CCCC)cc1. The Kier molecular flexibility index (Phi) is 7.43. The summed E-state index contributed by atoms with van der Waals surface area (Å²) in [5, 5.41) is 2.96. The van der Waals surface area contributed by atoms with E-state index in [1.165, 1.54) is 0 Å². The smallest absolute Gasteiger partial charge is 0.251 e. The van der Waals surface area contributed by atoms with Gasteiger partial charge in [-0.05, 0) is 30.7 Å². The standard InChI is InChI=1S/C16H24N2O2/c1-3-5-6-14(12-17)18-16(19)13-7-9-15(10-8-13)20-11-4-2/h4,7-10,14H,2-3,5-6,11-12,17H2,1H3,(H,18,19). The summed E-state index contributed by atoms with van der Waals surface area (Å²) in [5.74, 6) is 0.634. The first-order chi connectivity index (χ1) is 9.71. The maximum absolute atomic E-state index is 12.1. The Bertz CT molecular complexity index is 415. The summed E-state index contributed by atoms with van der Waals surface area (Å²) >= 11 is 0. The third kappa shape index (κ3) is 5.45. The molecular formula is C16H24N2O2. The van der Waals surface area contributed by atoms with E-state index in [1.807, 2.05) is 0 Å². The molecule has 1 aromatic rings. The molecule has 0 saturated heterocycles. The fourth-order valence-corrected chi connectivity index (χ4v) is 1.83. The molecule has 0 aliphatic carbocycles. The molecule has 20 heavy (non-hydrogen) atoms. The molecule has 3 N–H and O–H groups in total. The second-order valence-electron chi connectivity index (χ2n) is 4.67. The van der Waals surface area contributed by atoms with Crippen LogP contribution in [0.25, 0.3) is 0 Å². The van der Waals surface area contributed by atoms with E-state index in [9.17, 15) is 4.79 Å². The van der Waals surface area contributed by atoms with E-state index in [0.717, 1.165) is 25.0 Å². The lowest BCUT2D eigenvalue weighted by atomic mass is 10.1. The summed E-state index contributed by atoms with van der Waals surface area (Å²) in [7, 11) is 0. The molecule has 0 saturated carbocycles. The van der Waals surface area contributed by atoms with Crippen molar-refractivity contribution in [2.75, 3.05) is 13.2 Å². The van der Waals surface area contributed by atoms with Gasteiger partial charge in [-0.15, -0.1) is 0 Å². The number of rotatable bonds is 9. The highest BCUT2D eigenvalue weighted by Crippen LogP contribution is 2.12. The predicted octanol–water partition coefficient (Wildman–Crippen LogP) is 2.50. The van der Waals surface area contributed by atoms with Gasteiger partial charge in [0.25, 0.3) is 5.91 Å². The van der Waals surface area contributed by atoms with Crippen molar-refractivity contribution in [3.05, 3.63) is 42.5 Å². The van der Waals surface area contributed by atoms with Gasteiger partial charge in [0, 0.05) is 18.2 Å². The van der Waals surface area contributed by atoms with Crippen LogP contribution in [0.2, 0.25) is 0 Å². The molecule has 1 amide bonds. The first-order valence-electron chi connectivity index (χ1n) is 7.06. The lowest BCUT2D eigenvalue weighted by molar-refractivity contribution is 0.0935. The van der Waals surface area contributed by atoms with Crippen LogP contribution >= 0.6 is 0 Å². The monoisotopic (exact) mass is 276 g/mol. The fourth-order valence-electron chi connectivity index (χ4n) is 1.83. The van der Waals surface area contributed by atoms with Crippen LogP contribution in [0.1, 0.15) is 36.5 Å². The highest BCUT2D eigenvalue weighted by atomic mass is 16.5. The van der Waals surface area contributed by atoms with Crippen LogP contribution in [0.3, 0.4) is 0 Å². The van der Waals surface area contributed by atoms with E-state index in [-0.39, 0.29) is 11.9 Å². The molecule has 1 atom stereocenters. The number of benzene rings is 1. The summed E-state index contributed by atoms with van der Waals surface area (Å²) in [4.78, 5) is 12.1. The number of nitrogens with one attached hydrogen (secondary N) is 1. The Balaban J connectivity index is 2.55. The molecule has 0 aromatic heterocycles. The first-order valence-corrected chi connectivity index (χ1v) is 7.06. The minimum Gasteiger partial charge on any atom is -0.490 e. The Morgan fingerprint density at radius 3 is 2.70 bits per heavy atom. The zero-order chi connectivity index (χ0) is 14.8. The van der Waals surface area contributed by atoms with Crippen molar-refractivity contribution in [1.82, 2.24) is 5.32 Å². The van der Waals surface area contributed by atoms with Crippen molar-refractivity contribution in [2.45, 2.75) is 32.2 Å². The second-order valence-corrected chi connectivity index (χ2v) is 4.67. The van der Waals surface area contributed by atoms with Crippen molar-refractivity contribution in [2.24, 2.45) is 5.73 Å². The van der Waals surface area contributed by atoms with Gasteiger partial charge in [-0.3, -0.25) is 4.79 Å². The van der Waals surface area contributed by atoms with E-state index < -0.39 is 0 Å². The molecule has 4 nitrogen and oxygen atoms in total. The average molecular weight is 276 g/mol. The summed E-state index contributed by atoms with van der Waals surface area (Å²) in [6.07, 6.45) is 4.76. The molecule has 0 fully saturated rings. The quantitative estimate of drug-likeness (QED) is 0.681. The molecule has 1 rings (SSSR count). The summed E-state index contributed by atoms with van der Waals surface area (Å²) in [5.41, 5.74) is 6.29. The van der Waals surface area contributed by atoms with Crippen molar-refractivity contribution < 1.29 is 9.53 Å². The average Bonchev–Trinajstić information content (AvgIpc) is 2.49. The van der Waals surface area contributed by atoms with E-state index in [0.29, 0.717) is 18.7 Å². The highest BCUT2D eigenvalue weighted by molar-refractivity contribution is 5.94. The topological polar surface area (TPSA) is 64.3 Å². The molecule has 4 heteroatoms. The van der Waals surface area contributed by atoms with E-state index in [4.69, 9.17) is 10.5 Å². The van der Waals surface area contributed by atoms with Gasteiger partial charge in [0.2, 0.25) is 0 Å². The lowest BCUT2D eigenvalue weighted by Gasteiger charge is -2.16. The number of ether oxygens (including phenoxy) is 1. The number of amides is 1.